The minimum Gasteiger partial charge on any atom is -0.287 e. The Hall–Kier alpha value is -0.900. The van der Waals surface area contributed by atoms with Crippen molar-refractivity contribution in [3.05, 3.63) is 33.0 Å². The van der Waals surface area contributed by atoms with Gasteiger partial charge in [-0.05, 0) is 31.0 Å². The Morgan fingerprint density at radius 1 is 1.28 bits per heavy atom. The molecule has 0 saturated carbocycles. The Morgan fingerprint density at radius 2 is 2.04 bits per heavy atom. The lowest BCUT2D eigenvalue weighted by Gasteiger charge is -2.13. The molecule has 0 spiro atoms. The fourth-order valence-electron chi connectivity index (χ4n) is 2.42. The highest BCUT2D eigenvalue weighted by molar-refractivity contribution is 9.10. The van der Waals surface area contributed by atoms with Crippen molar-refractivity contribution in [2.24, 2.45) is 5.14 Å². The van der Waals surface area contributed by atoms with E-state index in [1.54, 1.807) is 10.6 Å². The van der Waals surface area contributed by atoms with Crippen LogP contribution in [0.25, 0.3) is 10.9 Å². The normalized spacial score (nSPS) is 12.0. The molecule has 0 atom stereocenters. The van der Waals surface area contributed by atoms with Gasteiger partial charge in [0.25, 0.3) is 5.56 Å². The maximum absolute atomic E-state index is 12.9. The molecule has 0 saturated heterocycles. The molecule has 9 heteroatoms. The van der Waals surface area contributed by atoms with Crippen molar-refractivity contribution in [1.29, 1.82) is 0 Å². The quantitative estimate of drug-likeness (QED) is 0.361. The molecule has 0 radical (unpaired) electrons. The lowest BCUT2D eigenvalue weighted by Crippen LogP contribution is -2.24. The van der Waals surface area contributed by atoms with Gasteiger partial charge >= 0.3 is 0 Å². The van der Waals surface area contributed by atoms with Crippen molar-refractivity contribution in [3.63, 3.8) is 0 Å². The molecule has 2 rings (SSSR count). The number of fused-ring (bicyclic) bond motifs is 1. The van der Waals surface area contributed by atoms with E-state index in [0.29, 0.717) is 34.8 Å². The van der Waals surface area contributed by atoms with E-state index in [9.17, 15) is 13.2 Å². The summed E-state index contributed by atoms with van der Waals surface area (Å²) in [7, 11) is -3.46. The van der Waals surface area contributed by atoms with E-state index in [2.05, 4.69) is 27.8 Å². The van der Waals surface area contributed by atoms with Crippen molar-refractivity contribution in [2.45, 2.75) is 44.3 Å². The van der Waals surface area contributed by atoms with Crippen molar-refractivity contribution in [2.75, 3.05) is 11.5 Å². The minimum atomic E-state index is -3.46. The molecule has 0 aliphatic rings. The highest BCUT2D eigenvalue weighted by Crippen LogP contribution is 2.21. The predicted molar refractivity (Wildman–Crippen MR) is 107 cm³/mol. The molecule has 0 unspecified atom stereocenters. The third-order valence-corrected chi connectivity index (χ3v) is 6.08. The van der Waals surface area contributed by atoms with E-state index >= 15 is 0 Å². The summed E-state index contributed by atoms with van der Waals surface area (Å²) in [6.07, 6.45) is 3.44. The van der Waals surface area contributed by atoms with Crippen LogP contribution in [0.3, 0.4) is 0 Å². The number of aromatic nitrogens is 2. The zero-order valence-corrected chi connectivity index (χ0v) is 17.3. The summed E-state index contributed by atoms with van der Waals surface area (Å²) >= 11 is 4.79. The average molecular weight is 448 g/mol. The number of hydrogen-bond acceptors (Lipinski definition) is 5. The van der Waals surface area contributed by atoms with Gasteiger partial charge in [0.1, 0.15) is 0 Å². The maximum Gasteiger partial charge on any atom is 0.262 e. The van der Waals surface area contributed by atoms with Gasteiger partial charge in [-0.25, -0.2) is 18.5 Å². The highest BCUT2D eigenvalue weighted by atomic mass is 79.9. The third kappa shape index (κ3) is 6.09. The van der Waals surface area contributed by atoms with Crippen LogP contribution in [-0.2, 0) is 16.6 Å². The SMILES string of the molecule is CCCCCn1c(SCCCS(N)(=O)=O)nc2ccc(Br)cc2c1=O. The third-order valence-electron chi connectivity index (χ3n) is 3.67. The molecule has 2 aromatic rings. The summed E-state index contributed by atoms with van der Waals surface area (Å²) < 4.78 is 24.6. The lowest BCUT2D eigenvalue weighted by molar-refractivity contribution is 0.541. The molecule has 0 aliphatic heterocycles. The maximum atomic E-state index is 12.9. The molecule has 0 bridgehead atoms. The Kier molecular flexibility index (Phi) is 7.48. The van der Waals surface area contributed by atoms with Crippen LogP contribution in [0.15, 0.2) is 32.6 Å². The molecule has 0 amide bonds. The second-order valence-corrected chi connectivity index (χ2v) is 9.50. The van der Waals surface area contributed by atoms with Gasteiger partial charge in [0.05, 0.1) is 16.7 Å². The largest absolute Gasteiger partial charge is 0.287 e. The number of primary sulfonamides is 1. The molecule has 6 nitrogen and oxygen atoms in total. The number of nitrogens with two attached hydrogens (primary N) is 1. The standard InChI is InChI=1S/C16H22BrN3O3S2/c1-2-3-4-8-20-15(21)13-11-12(17)6-7-14(13)19-16(20)24-9-5-10-25(18,22)23/h6-7,11H,2-5,8-10H2,1H3,(H2,18,22,23). The zero-order chi connectivity index (χ0) is 18.4. The minimum absolute atomic E-state index is 0.0589. The van der Waals surface area contributed by atoms with Crippen molar-refractivity contribution >= 4 is 48.6 Å². The van der Waals surface area contributed by atoms with Crippen LogP contribution >= 0.6 is 27.7 Å². The van der Waals surface area contributed by atoms with E-state index in [1.807, 2.05) is 12.1 Å². The predicted octanol–water partition coefficient (Wildman–Crippen LogP) is 3.12. The van der Waals surface area contributed by atoms with Crippen molar-refractivity contribution in [1.82, 2.24) is 9.55 Å². The molecule has 0 aliphatic carbocycles. The zero-order valence-electron chi connectivity index (χ0n) is 14.1. The van der Waals surface area contributed by atoms with Gasteiger partial charge in [0.15, 0.2) is 5.16 Å². The van der Waals surface area contributed by atoms with Gasteiger partial charge in [-0.3, -0.25) is 9.36 Å². The number of benzene rings is 1. The monoisotopic (exact) mass is 447 g/mol. The molecule has 1 aromatic carbocycles. The van der Waals surface area contributed by atoms with E-state index in [4.69, 9.17) is 5.14 Å². The molecule has 1 aromatic heterocycles. The second-order valence-electron chi connectivity index (χ2n) is 5.79. The number of hydrogen-bond donors (Lipinski definition) is 1. The number of rotatable bonds is 9. The highest BCUT2D eigenvalue weighted by Gasteiger charge is 2.12. The number of thioether (sulfide) groups is 1. The van der Waals surface area contributed by atoms with Crippen LogP contribution in [0, 0.1) is 0 Å². The smallest absolute Gasteiger partial charge is 0.262 e. The van der Waals surface area contributed by atoms with Crippen LogP contribution in [0.4, 0.5) is 0 Å². The Balaban J connectivity index is 2.30. The van der Waals surface area contributed by atoms with E-state index in [-0.39, 0.29) is 11.3 Å². The number of halogens is 1. The van der Waals surface area contributed by atoms with Crippen molar-refractivity contribution < 1.29 is 8.42 Å². The summed E-state index contributed by atoms with van der Waals surface area (Å²) in [5.74, 6) is 0.472. The van der Waals surface area contributed by atoms with Gasteiger partial charge in [0.2, 0.25) is 10.0 Å². The summed E-state index contributed by atoms with van der Waals surface area (Å²) in [6.45, 7) is 2.72. The summed E-state index contributed by atoms with van der Waals surface area (Å²) in [6, 6.07) is 5.45. The summed E-state index contributed by atoms with van der Waals surface area (Å²) in [5.41, 5.74) is 0.588. The molecule has 0 fully saturated rings. The average Bonchev–Trinajstić information content (AvgIpc) is 2.54. The van der Waals surface area contributed by atoms with E-state index < -0.39 is 10.0 Å². The first kappa shape index (κ1) is 20.4. The fourth-order valence-corrected chi connectivity index (χ4v) is 4.48. The molecular weight excluding hydrogens is 426 g/mol. The van der Waals surface area contributed by atoms with Gasteiger partial charge < -0.3 is 0 Å². The van der Waals surface area contributed by atoms with Crippen LogP contribution < -0.4 is 10.7 Å². The Bertz CT molecular complexity index is 897. The number of sulfonamides is 1. The first-order valence-corrected chi connectivity index (χ1v) is 11.6. The molecule has 1 heterocycles. The van der Waals surface area contributed by atoms with Gasteiger partial charge in [-0.1, -0.05) is 47.5 Å². The van der Waals surface area contributed by atoms with Crippen LogP contribution in [0.1, 0.15) is 32.6 Å². The first-order valence-electron chi connectivity index (χ1n) is 8.15. The fraction of sp³-hybridized carbons (Fsp3) is 0.500. The Morgan fingerprint density at radius 3 is 2.72 bits per heavy atom. The van der Waals surface area contributed by atoms with Crippen LogP contribution in [0.2, 0.25) is 0 Å². The van der Waals surface area contributed by atoms with Gasteiger partial charge in [-0.2, -0.15) is 0 Å². The second kappa shape index (κ2) is 9.16. The topological polar surface area (TPSA) is 95.1 Å². The molecule has 138 valence electrons. The lowest BCUT2D eigenvalue weighted by atomic mass is 10.2. The number of nitrogens with zero attached hydrogens (tertiary/aromatic N) is 2. The first-order chi connectivity index (χ1) is 11.8. The molecule has 25 heavy (non-hydrogen) atoms. The van der Waals surface area contributed by atoms with Crippen LogP contribution in [-0.4, -0.2) is 29.5 Å². The van der Waals surface area contributed by atoms with Crippen LogP contribution in [0.5, 0.6) is 0 Å². The van der Waals surface area contributed by atoms with Gasteiger partial charge in [-0.15, -0.1) is 0 Å². The summed E-state index contributed by atoms with van der Waals surface area (Å²) in [5, 5.41) is 6.24. The van der Waals surface area contributed by atoms with E-state index in [0.717, 1.165) is 23.7 Å². The molecule has 2 N–H and O–H groups in total. The number of unbranched alkanes of at least 4 members (excludes halogenated alkanes) is 2. The molecular formula is C16H22BrN3O3S2. The Labute approximate surface area is 160 Å². The summed E-state index contributed by atoms with van der Waals surface area (Å²) in [4.78, 5) is 17.5. The van der Waals surface area contributed by atoms with Crippen molar-refractivity contribution in [3.8, 4) is 0 Å². The van der Waals surface area contributed by atoms with Gasteiger partial charge in [0, 0.05) is 16.8 Å². The van der Waals surface area contributed by atoms with E-state index in [1.165, 1.54) is 11.8 Å².